The minimum absolute atomic E-state index is 0.0371. The van der Waals surface area contributed by atoms with Crippen molar-refractivity contribution in [2.45, 2.75) is 64.7 Å². The molecule has 0 N–H and O–H groups in total. The van der Waals surface area contributed by atoms with Crippen molar-refractivity contribution in [2.24, 2.45) is 17.8 Å². The lowest BCUT2D eigenvalue weighted by atomic mass is 9.69. The Bertz CT molecular complexity index is 931. The summed E-state index contributed by atoms with van der Waals surface area (Å²) in [7, 11) is 0. The summed E-state index contributed by atoms with van der Waals surface area (Å²) >= 11 is 0. The number of hydrogen-bond acceptors (Lipinski definition) is 0. The van der Waals surface area contributed by atoms with Gasteiger partial charge >= 0.3 is 0 Å². The van der Waals surface area contributed by atoms with Gasteiger partial charge in [0, 0.05) is 5.56 Å². The molecule has 0 amide bonds. The minimum atomic E-state index is -1.53. The van der Waals surface area contributed by atoms with E-state index in [-0.39, 0.29) is 11.1 Å². The van der Waals surface area contributed by atoms with Crippen LogP contribution in [0.25, 0.3) is 11.1 Å². The quantitative estimate of drug-likeness (QED) is 0.255. The van der Waals surface area contributed by atoms with E-state index in [1.54, 1.807) is 6.07 Å². The highest BCUT2D eigenvalue weighted by molar-refractivity contribution is 5.66. The second kappa shape index (κ2) is 9.58. The molecule has 1 saturated carbocycles. The van der Waals surface area contributed by atoms with Crippen molar-refractivity contribution in [3.8, 4) is 11.1 Å². The van der Waals surface area contributed by atoms with Gasteiger partial charge < -0.3 is 0 Å². The zero-order chi connectivity index (χ0) is 22.0. The molecule has 4 rings (SSSR count). The summed E-state index contributed by atoms with van der Waals surface area (Å²) in [5, 5.41) is 0. The fourth-order valence-electron chi connectivity index (χ4n) is 5.62. The molecule has 1 unspecified atom stereocenters. The predicted molar refractivity (Wildman–Crippen MR) is 117 cm³/mol. The average molecular weight is 431 g/mol. The van der Waals surface area contributed by atoms with Crippen molar-refractivity contribution in [3.05, 3.63) is 70.8 Å². The average Bonchev–Trinajstić information content (AvgIpc) is 2.78. The second-order valence-electron chi connectivity index (χ2n) is 9.25. The lowest BCUT2D eigenvalue weighted by molar-refractivity contribution is 0.184. The first-order chi connectivity index (χ1) is 15.0. The van der Waals surface area contributed by atoms with E-state index in [1.165, 1.54) is 38.5 Å². The molecule has 0 saturated heterocycles. The Morgan fingerprint density at radius 1 is 0.871 bits per heavy atom. The molecule has 2 aromatic carbocycles. The first kappa shape index (κ1) is 22.1. The van der Waals surface area contributed by atoms with Gasteiger partial charge in [-0.05, 0) is 98.4 Å². The number of benzene rings is 2. The van der Waals surface area contributed by atoms with E-state index in [9.17, 15) is 13.2 Å². The maximum Gasteiger partial charge on any atom is 0.194 e. The summed E-state index contributed by atoms with van der Waals surface area (Å²) in [5.41, 5.74) is 1.83. The van der Waals surface area contributed by atoms with Gasteiger partial charge in [0.05, 0.1) is 0 Å². The normalized spacial score (nSPS) is 23.8. The molecule has 4 heteroatoms. The van der Waals surface area contributed by atoms with Gasteiger partial charge in [-0.3, -0.25) is 0 Å². The van der Waals surface area contributed by atoms with E-state index in [1.807, 2.05) is 6.07 Å². The molecule has 1 atom stereocenters. The van der Waals surface area contributed by atoms with Crippen molar-refractivity contribution < 1.29 is 17.6 Å². The van der Waals surface area contributed by atoms with Crippen molar-refractivity contribution in [3.63, 3.8) is 0 Å². The van der Waals surface area contributed by atoms with E-state index in [2.05, 4.69) is 19.1 Å². The van der Waals surface area contributed by atoms with E-state index in [0.29, 0.717) is 23.8 Å². The Hall–Kier alpha value is -2.10. The monoisotopic (exact) mass is 430 g/mol. The van der Waals surface area contributed by atoms with Gasteiger partial charge in [0.25, 0.3) is 0 Å². The standard InChI is InChI=1S/C27H30F4/c1-2-3-4-5-17-6-8-18(9-7-17)19-10-12-22-20(14-19)11-13-23(26(22)30)21-15-24(28)27(31)25(29)16-21/h2-3,11,13,15-19H,4-10,12,14H2,1H3/b3-2+. The minimum Gasteiger partial charge on any atom is -0.206 e. The first-order valence-corrected chi connectivity index (χ1v) is 11.5. The lowest BCUT2D eigenvalue weighted by Crippen LogP contribution is -2.27. The van der Waals surface area contributed by atoms with Gasteiger partial charge in [0.15, 0.2) is 17.5 Å². The van der Waals surface area contributed by atoms with Crippen molar-refractivity contribution in [2.75, 3.05) is 0 Å². The number of allylic oxidation sites excluding steroid dienone is 2. The number of hydrogen-bond donors (Lipinski definition) is 0. The molecule has 31 heavy (non-hydrogen) atoms. The summed E-state index contributed by atoms with van der Waals surface area (Å²) < 4.78 is 55.8. The zero-order valence-electron chi connectivity index (χ0n) is 18.1. The third kappa shape index (κ3) is 4.73. The van der Waals surface area contributed by atoms with Gasteiger partial charge in [-0.25, -0.2) is 17.6 Å². The molecule has 1 fully saturated rings. The molecular formula is C27H30F4. The molecule has 0 heterocycles. The second-order valence-corrected chi connectivity index (χ2v) is 9.25. The molecule has 0 aromatic heterocycles. The fraction of sp³-hybridized carbons (Fsp3) is 0.481. The van der Waals surface area contributed by atoms with Crippen LogP contribution in [0.3, 0.4) is 0 Å². The van der Waals surface area contributed by atoms with E-state index < -0.39 is 23.3 Å². The molecule has 2 aliphatic carbocycles. The Balaban J connectivity index is 1.45. The Kier molecular flexibility index (Phi) is 6.83. The maximum atomic E-state index is 15.2. The summed E-state index contributed by atoms with van der Waals surface area (Å²) in [4.78, 5) is 0. The molecule has 0 aliphatic heterocycles. The van der Waals surface area contributed by atoms with Crippen LogP contribution < -0.4 is 0 Å². The third-order valence-corrected chi connectivity index (χ3v) is 7.42. The highest BCUT2D eigenvalue weighted by atomic mass is 19.2. The Morgan fingerprint density at radius 3 is 2.26 bits per heavy atom. The largest absolute Gasteiger partial charge is 0.206 e. The summed E-state index contributed by atoms with van der Waals surface area (Å²) in [6, 6.07) is 5.20. The van der Waals surface area contributed by atoms with Crippen molar-refractivity contribution in [1.29, 1.82) is 0 Å². The predicted octanol–water partition coefficient (Wildman–Crippen LogP) is 8.18. The fourth-order valence-corrected chi connectivity index (χ4v) is 5.62. The van der Waals surface area contributed by atoms with E-state index in [0.717, 1.165) is 36.5 Å². The topological polar surface area (TPSA) is 0 Å². The molecule has 0 nitrogen and oxygen atoms in total. The summed E-state index contributed by atoms with van der Waals surface area (Å²) in [6.45, 7) is 2.07. The van der Waals surface area contributed by atoms with E-state index in [4.69, 9.17) is 0 Å². The molecule has 166 valence electrons. The van der Waals surface area contributed by atoms with Crippen molar-refractivity contribution in [1.82, 2.24) is 0 Å². The van der Waals surface area contributed by atoms with Gasteiger partial charge in [0.1, 0.15) is 5.82 Å². The zero-order valence-corrected chi connectivity index (χ0v) is 18.1. The first-order valence-electron chi connectivity index (χ1n) is 11.5. The van der Waals surface area contributed by atoms with Crippen LogP contribution >= 0.6 is 0 Å². The highest BCUT2D eigenvalue weighted by Crippen LogP contribution is 2.42. The van der Waals surface area contributed by atoms with Crippen LogP contribution in [-0.2, 0) is 12.8 Å². The van der Waals surface area contributed by atoms with Crippen LogP contribution in [0, 0.1) is 41.0 Å². The number of halogens is 4. The van der Waals surface area contributed by atoms with E-state index >= 15 is 4.39 Å². The highest BCUT2D eigenvalue weighted by Gasteiger charge is 2.31. The van der Waals surface area contributed by atoms with Crippen LogP contribution in [0.1, 0.15) is 63.0 Å². The summed E-state index contributed by atoms with van der Waals surface area (Å²) in [6.07, 6.45) is 14.4. The molecule has 0 spiro atoms. The van der Waals surface area contributed by atoms with Crippen LogP contribution in [0.15, 0.2) is 36.4 Å². The van der Waals surface area contributed by atoms with Gasteiger partial charge in [-0.15, -0.1) is 0 Å². The maximum absolute atomic E-state index is 15.2. The van der Waals surface area contributed by atoms with Crippen LogP contribution in [0.2, 0.25) is 0 Å². The molecule has 2 aliphatic rings. The van der Waals surface area contributed by atoms with Gasteiger partial charge in [0.2, 0.25) is 0 Å². The SMILES string of the molecule is C/C=C/CCC1CCC(C2CCc3c(ccc(-c4cc(F)c(F)c(F)c4)c3F)C2)CC1. The van der Waals surface area contributed by atoms with Gasteiger partial charge in [-0.2, -0.15) is 0 Å². The molecule has 0 radical (unpaired) electrons. The smallest absolute Gasteiger partial charge is 0.194 e. The summed E-state index contributed by atoms with van der Waals surface area (Å²) in [5.74, 6) is -2.43. The Labute approximate surface area is 182 Å². The van der Waals surface area contributed by atoms with Crippen LogP contribution in [0.4, 0.5) is 17.6 Å². The Morgan fingerprint density at radius 2 is 1.58 bits per heavy atom. The number of rotatable bonds is 5. The van der Waals surface area contributed by atoms with Crippen molar-refractivity contribution >= 4 is 0 Å². The molecule has 2 aromatic rings. The third-order valence-electron chi connectivity index (χ3n) is 7.42. The lowest BCUT2D eigenvalue weighted by Gasteiger charge is -2.36. The number of fused-ring (bicyclic) bond motifs is 1. The van der Waals surface area contributed by atoms with Crippen LogP contribution in [-0.4, -0.2) is 0 Å². The molecular weight excluding hydrogens is 400 g/mol. The van der Waals surface area contributed by atoms with Crippen LogP contribution in [0.5, 0.6) is 0 Å². The van der Waals surface area contributed by atoms with Gasteiger partial charge in [-0.1, -0.05) is 37.1 Å². The molecule has 0 bridgehead atoms.